The number of aromatic nitrogens is 1. The van der Waals surface area contributed by atoms with Crippen LogP contribution in [0.5, 0.6) is 0 Å². The van der Waals surface area contributed by atoms with Crippen LogP contribution in [0.3, 0.4) is 0 Å². The summed E-state index contributed by atoms with van der Waals surface area (Å²) in [6.45, 7) is 4.91. The van der Waals surface area contributed by atoms with Crippen LogP contribution in [-0.4, -0.2) is 80.8 Å². The van der Waals surface area contributed by atoms with Crippen LogP contribution in [0.25, 0.3) is 0 Å². The predicted octanol–water partition coefficient (Wildman–Crippen LogP) is 2.06. The first-order chi connectivity index (χ1) is 17.0. The predicted molar refractivity (Wildman–Crippen MR) is 130 cm³/mol. The van der Waals surface area contributed by atoms with Gasteiger partial charge >= 0.3 is 0 Å². The van der Waals surface area contributed by atoms with E-state index in [1.165, 1.54) is 23.5 Å². The molecule has 10 nitrogen and oxygen atoms in total. The first kappa shape index (κ1) is 24.3. The second kappa shape index (κ2) is 10.7. The first-order valence-corrected chi connectivity index (χ1v) is 14.1. The van der Waals surface area contributed by atoms with E-state index in [2.05, 4.69) is 20.4 Å². The van der Waals surface area contributed by atoms with Crippen molar-refractivity contribution in [3.05, 3.63) is 40.9 Å². The molecular weight excluding hydrogens is 492 g/mol. The Kier molecular flexibility index (Phi) is 7.44. The van der Waals surface area contributed by atoms with Crippen molar-refractivity contribution in [1.82, 2.24) is 9.88 Å². The molecule has 2 aliphatic heterocycles. The Morgan fingerprint density at radius 2 is 1.91 bits per heavy atom. The SMILES string of the molecule is O=C(Nc1ncc(CN2CCOCC2)s1)C(=NO[C@@H]1CCOC1)c1ccc(S(=O)(=O)C2CC2)cc1. The summed E-state index contributed by atoms with van der Waals surface area (Å²) >= 11 is 1.41. The summed E-state index contributed by atoms with van der Waals surface area (Å²) in [6.07, 6.45) is 3.60. The van der Waals surface area contributed by atoms with E-state index in [0.717, 1.165) is 37.7 Å². The number of morpholine rings is 1. The zero-order valence-electron chi connectivity index (χ0n) is 19.2. The van der Waals surface area contributed by atoms with E-state index in [-0.39, 0.29) is 22.0 Å². The molecule has 1 aliphatic carbocycles. The Morgan fingerprint density at radius 3 is 2.60 bits per heavy atom. The maximum atomic E-state index is 13.2. The van der Waals surface area contributed by atoms with E-state index in [4.69, 9.17) is 14.3 Å². The molecular formula is C23H28N4O6S2. The summed E-state index contributed by atoms with van der Waals surface area (Å²) in [5.74, 6) is -0.478. The summed E-state index contributed by atoms with van der Waals surface area (Å²) < 4.78 is 35.8. The highest BCUT2D eigenvalue weighted by molar-refractivity contribution is 7.92. The molecule has 1 saturated carbocycles. The van der Waals surface area contributed by atoms with Crippen molar-refractivity contribution in [2.45, 2.75) is 42.1 Å². The van der Waals surface area contributed by atoms with Crippen molar-refractivity contribution in [3.63, 3.8) is 0 Å². The molecule has 3 aliphatic rings. The molecule has 2 aromatic rings. The Hall–Kier alpha value is -2.38. The lowest BCUT2D eigenvalue weighted by atomic mass is 10.1. The lowest BCUT2D eigenvalue weighted by molar-refractivity contribution is -0.110. The number of sulfone groups is 1. The average Bonchev–Trinajstić information content (AvgIpc) is 3.45. The molecule has 3 heterocycles. The molecule has 1 aromatic heterocycles. The van der Waals surface area contributed by atoms with Gasteiger partial charge < -0.3 is 14.3 Å². The van der Waals surface area contributed by atoms with E-state index in [9.17, 15) is 13.2 Å². The van der Waals surface area contributed by atoms with Crippen LogP contribution in [-0.2, 0) is 35.5 Å². The lowest BCUT2D eigenvalue weighted by Crippen LogP contribution is -2.35. The number of amides is 1. The maximum Gasteiger partial charge on any atom is 0.280 e. The smallest absolute Gasteiger partial charge is 0.280 e. The van der Waals surface area contributed by atoms with E-state index < -0.39 is 15.7 Å². The fourth-order valence-corrected chi connectivity index (χ4v) is 6.40. The number of oxime groups is 1. The molecule has 0 radical (unpaired) electrons. The van der Waals surface area contributed by atoms with Gasteiger partial charge in [0.1, 0.15) is 0 Å². The normalized spacial score (nSPS) is 21.7. The number of hydrogen-bond donors (Lipinski definition) is 1. The van der Waals surface area contributed by atoms with E-state index in [0.29, 0.717) is 43.2 Å². The molecule has 1 N–H and O–H groups in total. The number of thiazole rings is 1. The fraction of sp³-hybridized carbons (Fsp3) is 0.522. The number of nitrogens with one attached hydrogen (secondary N) is 1. The molecule has 1 atom stereocenters. The van der Waals surface area contributed by atoms with Crippen molar-refractivity contribution < 1.29 is 27.5 Å². The van der Waals surface area contributed by atoms with Crippen LogP contribution in [0.15, 0.2) is 40.5 Å². The highest BCUT2D eigenvalue weighted by Crippen LogP contribution is 2.33. The number of rotatable bonds is 9. The largest absolute Gasteiger partial charge is 0.389 e. The van der Waals surface area contributed by atoms with Crippen LogP contribution in [0.2, 0.25) is 0 Å². The molecule has 1 aromatic carbocycles. The van der Waals surface area contributed by atoms with Gasteiger partial charge in [0.2, 0.25) is 0 Å². The van der Waals surface area contributed by atoms with Gasteiger partial charge in [-0.25, -0.2) is 13.4 Å². The molecule has 2 saturated heterocycles. The standard InChI is InChI=1S/C23H28N4O6S2/c28-22(25-23-24-13-18(34-23)14-27-8-11-31-12-9-27)21(26-33-17-7-10-32-15-17)16-1-3-19(4-2-16)35(29,30)20-5-6-20/h1-4,13,17,20H,5-12,14-15H2,(H,24,25,28)/t17-/m1/s1. The van der Waals surface area contributed by atoms with Gasteiger partial charge in [-0.1, -0.05) is 17.3 Å². The van der Waals surface area contributed by atoms with Crippen molar-refractivity contribution in [2.75, 3.05) is 44.8 Å². The van der Waals surface area contributed by atoms with Crippen LogP contribution in [0.1, 0.15) is 29.7 Å². The minimum Gasteiger partial charge on any atom is -0.389 e. The van der Waals surface area contributed by atoms with Gasteiger partial charge in [0.05, 0.1) is 36.6 Å². The Bertz CT molecular complexity index is 1160. The number of carbonyl (C=O) groups excluding carboxylic acids is 1. The zero-order valence-corrected chi connectivity index (χ0v) is 20.9. The topological polar surface area (TPSA) is 119 Å². The van der Waals surface area contributed by atoms with E-state index in [1.54, 1.807) is 18.3 Å². The lowest BCUT2D eigenvalue weighted by Gasteiger charge is -2.25. The Morgan fingerprint density at radius 1 is 1.14 bits per heavy atom. The molecule has 0 unspecified atom stereocenters. The van der Waals surface area contributed by atoms with Gasteiger partial charge in [-0.2, -0.15) is 0 Å². The summed E-state index contributed by atoms with van der Waals surface area (Å²) in [7, 11) is -3.32. The third kappa shape index (κ3) is 6.07. The van der Waals surface area contributed by atoms with Crippen molar-refractivity contribution in [3.8, 4) is 0 Å². The summed E-state index contributed by atoms with van der Waals surface area (Å²) in [6, 6.07) is 6.23. The van der Waals surface area contributed by atoms with Crippen LogP contribution < -0.4 is 5.32 Å². The molecule has 1 amide bonds. The zero-order chi connectivity index (χ0) is 24.3. The molecule has 3 fully saturated rings. The number of ether oxygens (including phenoxy) is 2. The van der Waals surface area contributed by atoms with Crippen molar-refractivity contribution in [2.24, 2.45) is 5.16 Å². The average molecular weight is 521 g/mol. The molecule has 0 spiro atoms. The van der Waals surface area contributed by atoms with Crippen molar-refractivity contribution in [1.29, 1.82) is 0 Å². The quantitative estimate of drug-likeness (QED) is 0.394. The maximum absolute atomic E-state index is 13.2. The minimum atomic E-state index is -3.32. The second-order valence-electron chi connectivity index (χ2n) is 8.77. The van der Waals surface area contributed by atoms with Crippen LogP contribution in [0, 0.1) is 0 Å². The number of nitrogens with zero attached hydrogens (tertiary/aromatic N) is 3. The van der Waals surface area contributed by atoms with Gasteiger partial charge in [0.15, 0.2) is 26.8 Å². The molecule has 12 heteroatoms. The summed E-state index contributed by atoms with van der Waals surface area (Å²) in [5.41, 5.74) is 0.512. The second-order valence-corrected chi connectivity index (χ2v) is 12.1. The number of hydrogen-bond acceptors (Lipinski definition) is 10. The number of carbonyl (C=O) groups is 1. The third-order valence-electron chi connectivity index (χ3n) is 6.07. The van der Waals surface area contributed by atoms with Gasteiger partial charge in [-0.15, -0.1) is 11.3 Å². The van der Waals surface area contributed by atoms with Gasteiger partial charge in [0, 0.05) is 42.7 Å². The monoisotopic (exact) mass is 520 g/mol. The molecule has 188 valence electrons. The number of anilines is 1. The van der Waals surface area contributed by atoms with Gasteiger partial charge in [0.25, 0.3) is 5.91 Å². The molecule has 5 rings (SSSR count). The van der Waals surface area contributed by atoms with Crippen LogP contribution in [0.4, 0.5) is 5.13 Å². The molecule has 0 bridgehead atoms. The number of benzene rings is 1. The van der Waals surface area contributed by atoms with Crippen molar-refractivity contribution >= 4 is 37.9 Å². The van der Waals surface area contributed by atoms with E-state index in [1.807, 2.05) is 0 Å². The van der Waals surface area contributed by atoms with Gasteiger partial charge in [-0.3, -0.25) is 15.0 Å². The fourth-order valence-electron chi connectivity index (χ4n) is 3.90. The minimum absolute atomic E-state index is 0.0530. The van der Waals surface area contributed by atoms with Gasteiger partial charge in [-0.05, 0) is 25.0 Å². The third-order valence-corrected chi connectivity index (χ3v) is 9.25. The Balaban J connectivity index is 1.31. The highest BCUT2D eigenvalue weighted by Gasteiger charge is 2.36. The van der Waals surface area contributed by atoms with E-state index >= 15 is 0 Å². The Labute approximate surface area is 208 Å². The molecule has 35 heavy (non-hydrogen) atoms. The van der Waals surface area contributed by atoms with Crippen LogP contribution >= 0.6 is 11.3 Å². The summed E-state index contributed by atoms with van der Waals surface area (Å²) in [4.78, 5) is 26.7. The highest BCUT2D eigenvalue weighted by atomic mass is 32.2. The summed E-state index contributed by atoms with van der Waals surface area (Å²) in [5, 5.41) is 7.12. The first-order valence-electron chi connectivity index (χ1n) is 11.7.